The van der Waals surface area contributed by atoms with Gasteiger partial charge in [0.05, 0.1) is 18.8 Å². The fraction of sp³-hybridized carbons (Fsp3) is 0.643. The van der Waals surface area contributed by atoms with Crippen molar-refractivity contribution in [3.8, 4) is 0 Å². The third-order valence-electron chi connectivity index (χ3n) is 3.72. The van der Waals surface area contributed by atoms with Crippen LogP contribution in [0.5, 0.6) is 0 Å². The Labute approximate surface area is 124 Å². The standard InChI is InChI=1S/C14H23N3O2S/c1-11(8-17-3-5-19-6-4-17)16(2)9-13-7-12(10-20-13)14(15)18/h7,10-11H,3-6,8-9H2,1-2H3,(H2,15,18). The number of hydrogen-bond acceptors (Lipinski definition) is 5. The first-order chi connectivity index (χ1) is 9.56. The lowest BCUT2D eigenvalue weighted by molar-refractivity contribution is 0.0263. The van der Waals surface area contributed by atoms with E-state index in [0.717, 1.165) is 39.4 Å². The Morgan fingerprint density at radius 2 is 2.25 bits per heavy atom. The average Bonchev–Trinajstić information content (AvgIpc) is 2.88. The fourth-order valence-electron chi connectivity index (χ4n) is 2.29. The smallest absolute Gasteiger partial charge is 0.249 e. The van der Waals surface area contributed by atoms with Crippen molar-refractivity contribution >= 4 is 17.2 Å². The molecule has 0 aliphatic carbocycles. The van der Waals surface area contributed by atoms with E-state index in [9.17, 15) is 4.79 Å². The number of morpholine rings is 1. The van der Waals surface area contributed by atoms with Crippen LogP contribution in [0.1, 0.15) is 22.2 Å². The summed E-state index contributed by atoms with van der Waals surface area (Å²) in [5.74, 6) is -0.350. The SMILES string of the molecule is CC(CN1CCOCC1)N(C)Cc1cc(C(N)=O)cs1. The van der Waals surface area contributed by atoms with E-state index in [1.54, 1.807) is 11.3 Å². The highest BCUT2D eigenvalue weighted by Gasteiger charge is 2.17. The summed E-state index contributed by atoms with van der Waals surface area (Å²) in [6.07, 6.45) is 0. The lowest BCUT2D eigenvalue weighted by Crippen LogP contribution is -2.44. The third kappa shape index (κ3) is 4.28. The Bertz CT molecular complexity index is 443. The highest BCUT2D eigenvalue weighted by molar-refractivity contribution is 7.10. The molecule has 0 spiro atoms. The zero-order chi connectivity index (χ0) is 14.5. The van der Waals surface area contributed by atoms with Crippen molar-refractivity contribution in [3.63, 3.8) is 0 Å². The van der Waals surface area contributed by atoms with Gasteiger partial charge in [0.1, 0.15) is 0 Å². The number of primary amides is 1. The van der Waals surface area contributed by atoms with E-state index in [-0.39, 0.29) is 5.91 Å². The molecule has 20 heavy (non-hydrogen) atoms. The van der Waals surface area contributed by atoms with E-state index in [1.165, 1.54) is 4.88 Å². The molecule has 0 saturated carbocycles. The molecule has 1 aromatic heterocycles. The van der Waals surface area contributed by atoms with Crippen LogP contribution >= 0.6 is 11.3 Å². The van der Waals surface area contributed by atoms with Gasteiger partial charge in [-0.15, -0.1) is 11.3 Å². The number of hydrogen-bond donors (Lipinski definition) is 1. The number of nitrogens with two attached hydrogens (primary N) is 1. The molecule has 1 amide bonds. The van der Waals surface area contributed by atoms with Gasteiger partial charge in [0.25, 0.3) is 0 Å². The zero-order valence-corrected chi connectivity index (χ0v) is 13.0. The van der Waals surface area contributed by atoms with Crippen molar-refractivity contribution in [1.29, 1.82) is 0 Å². The van der Waals surface area contributed by atoms with Crippen molar-refractivity contribution in [2.24, 2.45) is 5.73 Å². The molecule has 1 fully saturated rings. The molecule has 0 aromatic carbocycles. The molecule has 1 atom stereocenters. The monoisotopic (exact) mass is 297 g/mol. The van der Waals surface area contributed by atoms with Crippen molar-refractivity contribution in [2.75, 3.05) is 39.9 Å². The highest BCUT2D eigenvalue weighted by atomic mass is 32.1. The molecule has 5 nitrogen and oxygen atoms in total. The van der Waals surface area contributed by atoms with E-state index in [0.29, 0.717) is 11.6 Å². The molecular formula is C14H23N3O2S. The number of carbonyl (C=O) groups excluding carboxylic acids is 1. The Morgan fingerprint density at radius 3 is 2.85 bits per heavy atom. The molecule has 0 radical (unpaired) electrons. The highest BCUT2D eigenvalue weighted by Crippen LogP contribution is 2.17. The number of thiophene rings is 1. The van der Waals surface area contributed by atoms with Crippen molar-refractivity contribution in [2.45, 2.75) is 19.5 Å². The number of likely N-dealkylation sites (N-methyl/N-ethyl adjacent to an activating group) is 1. The van der Waals surface area contributed by atoms with E-state index in [4.69, 9.17) is 10.5 Å². The van der Waals surface area contributed by atoms with Crippen molar-refractivity contribution < 1.29 is 9.53 Å². The van der Waals surface area contributed by atoms with Gasteiger partial charge in [-0.3, -0.25) is 14.6 Å². The summed E-state index contributed by atoms with van der Waals surface area (Å²) < 4.78 is 5.37. The summed E-state index contributed by atoms with van der Waals surface area (Å²) in [6, 6.07) is 2.36. The second-order valence-corrected chi connectivity index (χ2v) is 6.34. The summed E-state index contributed by atoms with van der Waals surface area (Å²) >= 11 is 1.59. The predicted octanol–water partition coefficient (Wildman–Crippen LogP) is 0.999. The van der Waals surface area contributed by atoms with Crippen LogP contribution in [-0.2, 0) is 11.3 Å². The number of carbonyl (C=O) groups is 1. The second-order valence-electron chi connectivity index (χ2n) is 5.34. The Hall–Kier alpha value is -0.950. The fourth-order valence-corrected chi connectivity index (χ4v) is 3.23. The molecule has 1 saturated heterocycles. The van der Waals surface area contributed by atoms with Gasteiger partial charge >= 0.3 is 0 Å². The van der Waals surface area contributed by atoms with Gasteiger partial charge in [0, 0.05) is 42.5 Å². The summed E-state index contributed by atoms with van der Waals surface area (Å²) in [5, 5.41) is 1.83. The summed E-state index contributed by atoms with van der Waals surface area (Å²) in [4.78, 5) is 17.0. The number of nitrogens with zero attached hydrogens (tertiary/aromatic N) is 2. The summed E-state index contributed by atoms with van der Waals surface area (Å²) in [6.45, 7) is 7.84. The molecule has 1 unspecified atom stereocenters. The maximum Gasteiger partial charge on any atom is 0.249 e. The molecule has 2 rings (SSSR count). The van der Waals surface area contributed by atoms with Gasteiger partial charge in [-0.2, -0.15) is 0 Å². The minimum Gasteiger partial charge on any atom is -0.379 e. The van der Waals surface area contributed by atoms with E-state index < -0.39 is 0 Å². The van der Waals surface area contributed by atoms with Crippen molar-refractivity contribution in [1.82, 2.24) is 9.80 Å². The molecule has 1 aliphatic rings. The minimum absolute atomic E-state index is 0.350. The van der Waals surface area contributed by atoms with Crippen LogP contribution in [-0.4, -0.2) is 61.6 Å². The Morgan fingerprint density at radius 1 is 1.55 bits per heavy atom. The molecule has 2 N–H and O–H groups in total. The Kier molecular flexibility index (Phi) is 5.54. The molecule has 1 aliphatic heterocycles. The van der Waals surface area contributed by atoms with Gasteiger partial charge in [0.2, 0.25) is 5.91 Å². The zero-order valence-electron chi connectivity index (χ0n) is 12.2. The lowest BCUT2D eigenvalue weighted by atomic mass is 10.2. The first kappa shape index (κ1) is 15.4. The van der Waals surface area contributed by atoms with Crippen molar-refractivity contribution in [3.05, 3.63) is 21.9 Å². The number of amides is 1. The quantitative estimate of drug-likeness (QED) is 0.851. The summed E-state index contributed by atoms with van der Waals surface area (Å²) in [7, 11) is 2.12. The maximum atomic E-state index is 11.1. The van der Waals surface area contributed by atoms with Crippen LogP contribution in [0.3, 0.4) is 0 Å². The van der Waals surface area contributed by atoms with Gasteiger partial charge < -0.3 is 10.5 Å². The van der Waals surface area contributed by atoms with Crippen LogP contribution in [0, 0.1) is 0 Å². The van der Waals surface area contributed by atoms with E-state index in [2.05, 4.69) is 23.8 Å². The molecule has 1 aromatic rings. The van der Waals surface area contributed by atoms with E-state index in [1.807, 2.05) is 11.4 Å². The van der Waals surface area contributed by atoms with Crippen LogP contribution in [0.15, 0.2) is 11.4 Å². The van der Waals surface area contributed by atoms with Crippen LogP contribution in [0.4, 0.5) is 0 Å². The van der Waals surface area contributed by atoms with Crippen LogP contribution in [0.25, 0.3) is 0 Å². The van der Waals surface area contributed by atoms with Crippen LogP contribution in [0.2, 0.25) is 0 Å². The van der Waals surface area contributed by atoms with Gasteiger partial charge in [-0.1, -0.05) is 0 Å². The molecule has 0 bridgehead atoms. The molecule has 112 valence electrons. The van der Waals surface area contributed by atoms with Gasteiger partial charge in [0.15, 0.2) is 0 Å². The third-order valence-corrected chi connectivity index (χ3v) is 4.64. The number of ether oxygens (including phenoxy) is 1. The lowest BCUT2D eigenvalue weighted by Gasteiger charge is -2.32. The second kappa shape index (κ2) is 7.17. The van der Waals surface area contributed by atoms with Gasteiger partial charge in [-0.25, -0.2) is 0 Å². The first-order valence-corrected chi connectivity index (χ1v) is 7.82. The molecule has 6 heteroatoms. The normalized spacial score (nSPS) is 18.4. The first-order valence-electron chi connectivity index (χ1n) is 6.94. The maximum absolute atomic E-state index is 11.1. The topological polar surface area (TPSA) is 58.8 Å². The van der Waals surface area contributed by atoms with E-state index >= 15 is 0 Å². The number of rotatable bonds is 6. The van der Waals surface area contributed by atoms with Crippen LogP contribution < -0.4 is 5.73 Å². The predicted molar refractivity (Wildman–Crippen MR) is 81.0 cm³/mol. The Balaban J connectivity index is 1.83. The minimum atomic E-state index is -0.350. The van der Waals surface area contributed by atoms with Gasteiger partial charge in [-0.05, 0) is 20.0 Å². The molecule has 2 heterocycles. The summed E-state index contributed by atoms with van der Waals surface area (Å²) in [5.41, 5.74) is 5.89. The largest absolute Gasteiger partial charge is 0.379 e. The molecular weight excluding hydrogens is 274 g/mol. The average molecular weight is 297 g/mol.